The zero-order valence-electron chi connectivity index (χ0n) is 7.70. The molecule has 0 bridgehead atoms. The molecule has 0 saturated heterocycles. The minimum absolute atomic E-state index is 0. The zero-order chi connectivity index (χ0) is 13.5. The molecule has 1 aromatic carbocycles. The van der Waals surface area contributed by atoms with Crippen LogP contribution in [0, 0.1) is 35.5 Å². The third kappa shape index (κ3) is 2.44. The number of benzene rings is 1. The topological polar surface area (TPSA) is 0 Å². The third-order valence-electron chi connectivity index (χ3n) is 1.76. The van der Waals surface area contributed by atoms with E-state index < -0.39 is 47.0 Å². The SMILES string of the molecule is Fc1c(F)c(F)c(C(F)(F)[C-](F)F)c(F)c1F.[Cu+]. The molecule has 0 fully saturated rings. The molecule has 0 saturated carbocycles. The predicted molar refractivity (Wildman–Crippen MR) is 35.6 cm³/mol. The normalized spacial score (nSPS) is 11.7. The fraction of sp³-hybridized carbons (Fsp3) is 0.125. The summed E-state index contributed by atoms with van der Waals surface area (Å²) in [5.74, 6) is -19.7. The van der Waals surface area contributed by atoms with Crippen LogP contribution in [-0.4, -0.2) is 0 Å². The number of hydrogen-bond donors (Lipinski definition) is 0. The van der Waals surface area contributed by atoms with E-state index in [2.05, 4.69) is 0 Å². The molecule has 0 heterocycles. The van der Waals surface area contributed by atoms with Crippen LogP contribution in [0.4, 0.5) is 39.5 Å². The van der Waals surface area contributed by atoms with Gasteiger partial charge >= 0.3 is 17.1 Å². The summed E-state index contributed by atoms with van der Waals surface area (Å²) in [6.45, 7) is 0. The molecule has 0 aromatic heterocycles. The molecule has 0 spiro atoms. The van der Waals surface area contributed by atoms with Gasteiger partial charge in [0.2, 0.25) is 11.7 Å². The molecule has 106 valence electrons. The number of halogens is 9. The molecular weight excluding hydrogens is 331 g/mol. The Morgan fingerprint density at radius 2 is 0.944 bits per heavy atom. The Hall–Kier alpha value is -0.891. The Morgan fingerprint density at radius 1 is 0.667 bits per heavy atom. The van der Waals surface area contributed by atoms with Crippen LogP contribution in [0.15, 0.2) is 0 Å². The van der Waals surface area contributed by atoms with Crippen molar-refractivity contribution in [3.05, 3.63) is 41.1 Å². The predicted octanol–water partition coefficient (Wildman–Crippen LogP) is 3.90. The minimum Gasteiger partial charge on any atom is -0.415 e. The Kier molecular flexibility index (Phi) is 5.13. The second-order valence-electron chi connectivity index (χ2n) is 2.78. The van der Waals surface area contributed by atoms with Crippen LogP contribution in [0.2, 0.25) is 0 Å². The maximum absolute atomic E-state index is 12.7. The fourth-order valence-corrected chi connectivity index (χ4v) is 0.975. The number of alkyl halides is 2. The summed E-state index contributed by atoms with van der Waals surface area (Å²) in [6, 6.07) is 0. The molecule has 0 radical (unpaired) electrons. The molecule has 0 aliphatic rings. The van der Waals surface area contributed by atoms with E-state index in [9.17, 15) is 39.5 Å². The van der Waals surface area contributed by atoms with Crippen LogP contribution in [0.3, 0.4) is 0 Å². The molecule has 0 aliphatic carbocycles. The average Bonchev–Trinajstić information content (AvgIpc) is 2.23. The van der Waals surface area contributed by atoms with Crippen molar-refractivity contribution < 1.29 is 56.6 Å². The standard InChI is InChI=1S/C8F9.Cu/c9-2-1(8(16,17)7(14)15)3(10)5(12)6(13)4(2)11;/q-1;+1. The average molecular weight is 331 g/mol. The molecule has 10 heteroatoms. The van der Waals surface area contributed by atoms with Crippen LogP contribution in [0.5, 0.6) is 0 Å². The van der Waals surface area contributed by atoms with E-state index in [1.807, 2.05) is 0 Å². The number of rotatable bonds is 2. The molecule has 0 unspecified atom stereocenters. The van der Waals surface area contributed by atoms with E-state index in [0.29, 0.717) is 0 Å². The van der Waals surface area contributed by atoms with Gasteiger partial charge in [-0.15, -0.1) is 0 Å². The molecule has 1 aromatic rings. The first-order valence-corrected chi connectivity index (χ1v) is 3.70. The van der Waals surface area contributed by atoms with E-state index >= 15 is 0 Å². The Bertz CT molecular complexity index is 427. The van der Waals surface area contributed by atoms with Crippen molar-refractivity contribution in [3.63, 3.8) is 0 Å². The minimum atomic E-state index is -5.57. The van der Waals surface area contributed by atoms with Crippen molar-refractivity contribution in [3.8, 4) is 0 Å². The van der Waals surface area contributed by atoms with Crippen LogP contribution in [0.1, 0.15) is 5.56 Å². The van der Waals surface area contributed by atoms with Gasteiger partial charge in [-0.25, -0.2) is 30.7 Å². The molecule has 0 atom stereocenters. The van der Waals surface area contributed by atoms with Crippen LogP contribution in [-0.2, 0) is 23.0 Å². The molecule has 0 aliphatic heterocycles. The molecule has 0 nitrogen and oxygen atoms in total. The van der Waals surface area contributed by atoms with Gasteiger partial charge in [-0.05, 0) is 0 Å². The van der Waals surface area contributed by atoms with Gasteiger partial charge in [-0.2, -0.15) is 0 Å². The fourth-order valence-electron chi connectivity index (χ4n) is 0.975. The van der Waals surface area contributed by atoms with Gasteiger partial charge in [0.25, 0.3) is 0 Å². The maximum atomic E-state index is 12.7. The van der Waals surface area contributed by atoms with E-state index in [-0.39, 0.29) is 17.1 Å². The Balaban J connectivity index is 0.00000289. The Morgan fingerprint density at radius 3 is 1.22 bits per heavy atom. The molecule has 0 amide bonds. The summed E-state index contributed by atoms with van der Waals surface area (Å²) < 4.78 is 111. The van der Waals surface area contributed by atoms with Gasteiger partial charge in [-0.1, -0.05) is 0 Å². The van der Waals surface area contributed by atoms with Gasteiger partial charge in [0.05, 0.1) is 12.0 Å². The van der Waals surface area contributed by atoms with Gasteiger partial charge in [-0.3, -0.25) is 0 Å². The van der Waals surface area contributed by atoms with Crippen molar-refractivity contribution in [2.75, 3.05) is 0 Å². The van der Waals surface area contributed by atoms with E-state index in [1.54, 1.807) is 0 Å². The van der Waals surface area contributed by atoms with Crippen LogP contribution < -0.4 is 0 Å². The van der Waals surface area contributed by atoms with Gasteiger partial charge in [0, 0.05) is 0 Å². The van der Waals surface area contributed by atoms with Crippen molar-refractivity contribution in [1.82, 2.24) is 0 Å². The number of hydrogen-bond acceptors (Lipinski definition) is 0. The van der Waals surface area contributed by atoms with Crippen molar-refractivity contribution >= 4 is 0 Å². The summed E-state index contributed by atoms with van der Waals surface area (Å²) >= 11 is 0. The second-order valence-corrected chi connectivity index (χ2v) is 2.78. The smallest absolute Gasteiger partial charge is 0.415 e. The second kappa shape index (κ2) is 5.39. The Labute approximate surface area is 104 Å². The van der Waals surface area contributed by atoms with Gasteiger partial charge in [0.1, 0.15) is 0 Å². The summed E-state index contributed by atoms with van der Waals surface area (Å²) in [6.07, 6.45) is -3.79. The molecule has 18 heavy (non-hydrogen) atoms. The first-order valence-electron chi connectivity index (χ1n) is 3.70. The van der Waals surface area contributed by atoms with Gasteiger partial charge < -0.3 is 8.78 Å². The van der Waals surface area contributed by atoms with E-state index in [0.717, 1.165) is 0 Å². The maximum Gasteiger partial charge on any atom is 1.00 e. The first-order chi connectivity index (χ1) is 7.62. The zero-order valence-corrected chi connectivity index (χ0v) is 8.64. The summed E-state index contributed by atoms with van der Waals surface area (Å²) in [5.41, 5.74) is -2.88. The third-order valence-corrected chi connectivity index (χ3v) is 1.76. The summed E-state index contributed by atoms with van der Waals surface area (Å²) in [7, 11) is 0. The van der Waals surface area contributed by atoms with Gasteiger partial charge in [0.15, 0.2) is 23.3 Å². The largest absolute Gasteiger partial charge is 1.00 e. The van der Waals surface area contributed by atoms with Crippen LogP contribution >= 0.6 is 0 Å². The van der Waals surface area contributed by atoms with E-state index in [1.165, 1.54) is 0 Å². The summed E-state index contributed by atoms with van der Waals surface area (Å²) in [5, 5.41) is 0. The quantitative estimate of drug-likeness (QED) is 0.254. The van der Waals surface area contributed by atoms with Crippen molar-refractivity contribution in [1.29, 1.82) is 0 Å². The molecular formula is C8CuF9. The van der Waals surface area contributed by atoms with Crippen LogP contribution in [0.25, 0.3) is 0 Å². The van der Waals surface area contributed by atoms with E-state index in [4.69, 9.17) is 0 Å². The first kappa shape index (κ1) is 17.1. The monoisotopic (exact) mass is 330 g/mol. The van der Waals surface area contributed by atoms with Crippen molar-refractivity contribution in [2.45, 2.75) is 5.92 Å². The molecule has 1 rings (SSSR count). The molecule has 0 N–H and O–H groups in total. The van der Waals surface area contributed by atoms with Crippen molar-refractivity contribution in [2.24, 2.45) is 0 Å². The summed E-state index contributed by atoms with van der Waals surface area (Å²) in [4.78, 5) is 0.